The minimum absolute atomic E-state index is 0.0104. The van der Waals surface area contributed by atoms with Crippen molar-refractivity contribution in [1.29, 1.82) is 0 Å². The first-order chi connectivity index (χ1) is 5.33. The van der Waals surface area contributed by atoms with Crippen molar-refractivity contribution in [1.82, 2.24) is 0 Å². The molecule has 64 valence electrons. The number of rotatable bonds is 2. The summed E-state index contributed by atoms with van der Waals surface area (Å²) in [6, 6.07) is 0. The zero-order chi connectivity index (χ0) is 8.10. The number of hydrogen-bond acceptors (Lipinski definition) is 3. The van der Waals surface area contributed by atoms with Gasteiger partial charge < -0.3 is 9.47 Å². The maximum atomic E-state index is 10.8. The van der Waals surface area contributed by atoms with Crippen LogP contribution in [0.2, 0.25) is 0 Å². The largest absolute Gasteiger partial charge is 0.460 e. The van der Waals surface area contributed by atoms with Crippen molar-refractivity contribution in [2.45, 2.75) is 32.3 Å². The Labute approximate surface area is 66.7 Å². The van der Waals surface area contributed by atoms with Crippen molar-refractivity contribution in [2.24, 2.45) is 0 Å². The maximum Gasteiger partial charge on any atom is 0.305 e. The maximum absolute atomic E-state index is 10.8. The van der Waals surface area contributed by atoms with E-state index < -0.39 is 0 Å². The summed E-state index contributed by atoms with van der Waals surface area (Å²) in [5.74, 6) is -0.125. The quantitative estimate of drug-likeness (QED) is 0.565. The van der Waals surface area contributed by atoms with Gasteiger partial charge in [0.15, 0.2) is 0 Å². The molecule has 1 aliphatic rings. The molecule has 3 nitrogen and oxygen atoms in total. The van der Waals surface area contributed by atoms with Gasteiger partial charge in [0.1, 0.15) is 6.10 Å². The van der Waals surface area contributed by atoms with Gasteiger partial charge in [0, 0.05) is 13.0 Å². The highest BCUT2D eigenvalue weighted by Crippen LogP contribution is 2.10. The Kier molecular flexibility index (Phi) is 3.36. The van der Waals surface area contributed by atoms with E-state index >= 15 is 0 Å². The summed E-state index contributed by atoms with van der Waals surface area (Å²) >= 11 is 0. The SMILES string of the molecule is CCC(=O)OC1CCCOC1. The van der Waals surface area contributed by atoms with Crippen LogP contribution in [-0.2, 0) is 14.3 Å². The van der Waals surface area contributed by atoms with Gasteiger partial charge in [-0.1, -0.05) is 6.92 Å². The Morgan fingerprint density at radius 2 is 2.55 bits per heavy atom. The lowest BCUT2D eigenvalue weighted by Crippen LogP contribution is -2.27. The van der Waals surface area contributed by atoms with Crippen LogP contribution in [0.4, 0.5) is 0 Å². The van der Waals surface area contributed by atoms with Crippen LogP contribution >= 0.6 is 0 Å². The third-order valence-electron chi connectivity index (χ3n) is 1.71. The first-order valence-electron chi connectivity index (χ1n) is 4.10. The molecule has 0 aromatic rings. The fourth-order valence-corrected chi connectivity index (χ4v) is 1.07. The van der Waals surface area contributed by atoms with Crippen LogP contribution in [0.25, 0.3) is 0 Å². The molecule has 0 radical (unpaired) electrons. The van der Waals surface area contributed by atoms with Crippen LogP contribution in [0.15, 0.2) is 0 Å². The third kappa shape index (κ3) is 2.89. The zero-order valence-electron chi connectivity index (χ0n) is 6.84. The van der Waals surface area contributed by atoms with Gasteiger partial charge in [-0.2, -0.15) is 0 Å². The van der Waals surface area contributed by atoms with Crippen molar-refractivity contribution in [3.05, 3.63) is 0 Å². The molecule has 11 heavy (non-hydrogen) atoms. The highest BCUT2D eigenvalue weighted by atomic mass is 16.6. The highest BCUT2D eigenvalue weighted by molar-refractivity contribution is 5.69. The topological polar surface area (TPSA) is 35.5 Å². The first kappa shape index (κ1) is 8.53. The Morgan fingerprint density at radius 1 is 1.73 bits per heavy atom. The van der Waals surface area contributed by atoms with E-state index in [2.05, 4.69) is 0 Å². The second kappa shape index (κ2) is 4.34. The molecule has 0 amide bonds. The molecule has 0 spiro atoms. The predicted octanol–water partition coefficient (Wildman–Crippen LogP) is 1.12. The summed E-state index contributed by atoms with van der Waals surface area (Å²) in [5.41, 5.74) is 0. The lowest BCUT2D eigenvalue weighted by molar-refractivity contribution is -0.154. The zero-order valence-corrected chi connectivity index (χ0v) is 6.84. The van der Waals surface area contributed by atoms with Crippen molar-refractivity contribution in [3.8, 4) is 0 Å². The van der Waals surface area contributed by atoms with Crippen LogP contribution in [-0.4, -0.2) is 25.3 Å². The molecule has 1 atom stereocenters. The van der Waals surface area contributed by atoms with Gasteiger partial charge in [0.05, 0.1) is 6.61 Å². The summed E-state index contributed by atoms with van der Waals surface area (Å²) in [6.45, 7) is 3.18. The van der Waals surface area contributed by atoms with Gasteiger partial charge in [-0.25, -0.2) is 0 Å². The normalized spacial score (nSPS) is 24.6. The van der Waals surface area contributed by atoms with Crippen LogP contribution in [0, 0.1) is 0 Å². The van der Waals surface area contributed by atoms with Crippen molar-refractivity contribution in [3.63, 3.8) is 0 Å². The molecule has 0 aliphatic carbocycles. The monoisotopic (exact) mass is 158 g/mol. The predicted molar refractivity (Wildman–Crippen MR) is 40.2 cm³/mol. The summed E-state index contributed by atoms with van der Waals surface area (Å²) < 4.78 is 10.2. The lowest BCUT2D eigenvalue weighted by atomic mass is 10.2. The Morgan fingerprint density at radius 3 is 3.09 bits per heavy atom. The number of carbonyl (C=O) groups is 1. The smallest absolute Gasteiger partial charge is 0.305 e. The Hall–Kier alpha value is -0.570. The number of hydrogen-bond donors (Lipinski definition) is 0. The number of ether oxygens (including phenoxy) is 2. The average Bonchev–Trinajstić information content (AvgIpc) is 2.06. The summed E-state index contributed by atoms with van der Waals surface area (Å²) in [5, 5.41) is 0. The molecular weight excluding hydrogens is 144 g/mol. The molecule has 3 heteroatoms. The standard InChI is InChI=1S/C8H14O3/c1-2-8(9)11-7-4-3-5-10-6-7/h7H,2-6H2,1H3. The van der Waals surface area contributed by atoms with Crippen LogP contribution in [0.1, 0.15) is 26.2 Å². The molecule has 0 saturated carbocycles. The molecular formula is C8H14O3. The molecule has 1 aliphatic heterocycles. The first-order valence-corrected chi connectivity index (χ1v) is 4.10. The third-order valence-corrected chi connectivity index (χ3v) is 1.71. The molecule has 0 aromatic carbocycles. The molecule has 1 saturated heterocycles. The van der Waals surface area contributed by atoms with E-state index in [9.17, 15) is 4.79 Å². The van der Waals surface area contributed by atoms with E-state index in [1.165, 1.54) is 0 Å². The molecule has 1 fully saturated rings. The molecule has 1 heterocycles. The van der Waals surface area contributed by atoms with Crippen LogP contribution < -0.4 is 0 Å². The van der Waals surface area contributed by atoms with Gasteiger partial charge >= 0.3 is 5.97 Å². The Bertz CT molecular complexity index is 127. The molecule has 0 N–H and O–H groups in total. The fourth-order valence-electron chi connectivity index (χ4n) is 1.07. The number of esters is 1. The molecule has 1 unspecified atom stereocenters. The summed E-state index contributed by atoms with van der Waals surface area (Å²) in [4.78, 5) is 10.8. The van der Waals surface area contributed by atoms with E-state index in [1.54, 1.807) is 6.92 Å². The number of carbonyl (C=O) groups excluding carboxylic acids is 1. The highest BCUT2D eigenvalue weighted by Gasteiger charge is 2.16. The van der Waals surface area contributed by atoms with E-state index in [-0.39, 0.29) is 12.1 Å². The van der Waals surface area contributed by atoms with Crippen molar-refractivity contribution < 1.29 is 14.3 Å². The van der Waals surface area contributed by atoms with E-state index in [0.29, 0.717) is 13.0 Å². The second-order valence-corrected chi connectivity index (χ2v) is 2.68. The minimum atomic E-state index is -0.125. The van der Waals surface area contributed by atoms with Gasteiger partial charge in [-0.05, 0) is 12.8 Å². The molecule has 1 rings (SSSR count). The van der Waals surface area contributed by atoms with Crippen molar-refractivity contribution in [2.75, 3.05) is 13.2 Å². The Balaban J connectivity index is 2.19. The summed E-state index contributed by atoms with van der Waals surface area (Å²) in [6.07, 6.45) is 2.42. The van der Waals surface area contributed by atoms with Crippen molar-refractivity contribution >= 4 is 5.97 Å². The van der Waals surface area contributed by atoms with Gasteiger partial charge in [-0.3, -0.25) is 4.79 Å². The van der Waals surface area contributed by atoms with Crippen LogP contribution in [0.3, 0.4) is 0 Å². The van der Waals surface area contributed by atoms with Gasteiger partial charge in [-0.15, -0.1) is 0 Å². The molecule has 0 aromatic heterocycles. The van der Waals surface area contributed by atoms with E-state index in [4.69, 9.17) is 9.47 Å². The second-order valence-electron chi connectivity index (χ2n) is 2.68. The van der Waals surface area contributed by atoms with E-state index in [0.717, 1.165) is 19.4 Å². The van der Waals surface area contributed by atoms with E-state index in [1.807, 2.05) is 0 Å². The fraction of sp³-hybridized carbons (Fsp3) is 0.875. The van der Waals surface area contributed by atoms with Gasteiger partial charge in [0.2, 0.25) is 0 Å². The molecule has 0 bridgehead atoms. The van der Waals surface area contributed by atoms with Gasteiger partial charge in [0.25, 0.3) is 0 Å². The lowest BCUT2D eigenvalue weighted by Gasteiger charge is -2.21. The summed E-state index contributed by atoms with van der Waals surface area (Å²) in [7, 11) is 0. The minimum Gasteiger partial charge on any atom is -0.460 e. The van der Waals surface area contributed by atoms with Crippen LogP contribution in [0.5, 0.6) is 0 Å². The average molecular weight is 158 g/mol.